The summed E-state index contributed by atoms with van der Waals surface area (Å²) in [4.78, 5) is 0. The molecule has 0 amide bonds. The lowest BCUT2D eigenvalue weighted by molar-refractivity contribution is 0.448. The lowest BCUT2D eigenvalue weighted by atomic mass is 10.4. The summed E-state index contributed by atoms with van der Waals surface area (Å²) in [6.07, 6.45) is 5.79. The standard InChI is InChI=1S/C8H11N3O/c1-3-4-5-9-6-8-11-10-7(2)12-8/h1,9H,4-6H2,2H3. The van der Waals surface area contributed by atoms with Crippen LogP contribution in [0.3, 0.4) is 0 Å². The van der Waals surface area contributed by atoms with Gasteiger partial charge in [0.05, 0.1) is 6.54 Å². The van der Waals surface area contributed by atoms with E-state index < -0.39 is 0 Å². The Hall–Kier alpha value is -1.34. The van der Waals surface area contributed by atoms with Crippen LogP contribution >= 0.6 is 0 Å². The van der Waals surface area contributed by atoms with Crippen LogP contribution in [0, 0.1) is 19.3 Å². The van der Waals surface area contributed by atoms with Crippen molar-refractivity contribution in [2.24, 2.45) is 0 Å². The topological polar surface area (TPSA) is 51.0 Å². The van der Waals surface area contributed by atoms with Gasteiger partial charge in [-0.3, -0.25) is 0 Å². The van der Waals surface area contributed by atoms with Crippen molar-refractivity contribution in [1.82, 2.24) is 15.5 Å². The van der Waals surface area contributed by atoms with E-state index in [2.05, 4.69) is 21.4 Å². The van der Waals surface area contributed by atoms with E-state index in [9.17, 15) is 0 Å². The first-order chi connectivity index (χ1) is 5.83. The van der Waals surface area contributed by atoms with Crippen molar-refractivity contribution in [2.75, 3.05) is 6.54 Å². The van der Waals surface area contributed by atoms with Crippen LogP contribution in [-0.4, -0.2) is 16.7 Å². The quantitative estimate of drug-likeness (QED) is 0.521. The van der Waals surface area contributed by atoms with Crippen LogP contribution in [0.1, 0.15) is 18.2 Å². The normalized spacial score (nSPS) is 9.67. The van der Waals surface area contributed by atoms with Crippen LogP contribution in [0.4, 0.5) is 0 Å². The van der Waals surface area contributed by atoms with E-state index in [1.807, 2.05) is 0 Å². The zero-order valence-electron chi connectivity index (χ0n) is 7.00. The SMILES string of the molecule is C#CCCNCc1nnc(C)o1. The molecule has 0 spiro atoms. The molecule has 0 aromatic carbocycles. The smallest absolute Gasteiger partial charge is 0.230 e. The minimum Gasteiger partial charge on any atom is -0.424 e. The Morgan fingerprint density at radius 3 is 3.00 bits per heavy atom. The second-order valence-corrected chi connectivity index (χ2v) is 2.35. The van der Waals surface area contributed by atoms with Crippen molar-refractivity contribution < 1.29 is 4.42 Å². The van der Waals surface area contributed by atoms with E-state index >= 15 is 0 Å². The molecule has 1 aromatic heterocycles. The maximum Gasteiger partial charge on any atom is 0.230 e. The van der Waals surface area contributed by atoms with E-state index in [0.29, 0.717) is 24.7 Å². The van der Waals surface area contributed by atoms with E-state index in [1.54, 1.807) is 6.92 Å². The Kier molecular flexibility index (Phi) is 3.30. The molecule has 1 heterocycles. The zero-order valence-corrected chi connectivity index (χ0v) is 7.00. The monoisotopic (exact) mass is 165 g/mol. The molecule has 0 saturated heterocycles. The highest BCUT2D eigenvalue weighted by atomic mass is 16.4. The number of hydrogen-bond donors (Lipinski definition) is 1. The molecule has 4 nitrogen and oxygen atoms in total. The number of rotatable bonds is 4. The number of aryl methyl sites for hydroxylation is 1. The van der Waals surface area contributed by atoms with Crippen LogP contribution in [0.5, 0.6) is 0 Å². The summed E-state index contributed by atoms with van der Waals surface area (Å²) in [6.45, 7) is 3.12. The Bertz CT molecular complexity index is 274. The Morgan fingerprint density at radius 1 is 1.58 bits per heavy atom. The number of nitrogens with one attached hydrogen (secondary N) is 1. The number of aromatic nitrogens is 2. The highest BCUT2D eigenvalue weighted by Crippen LogP contribution is 1.95. The average molecular weight is 165 g/mol. The summed E-state index contributed by atoms with van der Waals surface area (Å²) in [5.41, 5.74) is 0. The van der Waals surface area contributed by atoms with Gasteiger partial charge in [-0.15, -0.1) is 22.5 Å². The summed E-state index contributed by atoms with van der Waals surface area (Å²) in [5.74, 6) is 3.72. The minimum atomic E-state index is 0.586. The van der Waals surface area contributed by atoms with Crippen molar-refractivity contribution in [2.45, 2.75) is 19.9 Å². The van der Waals surface area contributed by atoms with E-state index in [-0.39, 0.29) is 0 Å². The minimum absolute atomic E-state index is 0.586. The van der Waals surface area contributed by atoms with Gasteiger partial charge in [0, 0.05) is 19.9 Å². The summed E-state index contributed by atoms with van der Waals surface area (Å²) < 4.78 is 5.13. The maximum atomic E-state index is 5.13. The third kappa shape index (κ3) is 2.72. The molecule has 1 N–H and O–H groups in total. The van der Waals surface area contributed by atoms with Crippen LogP contribution in [0.25, 0.3) is 0 Å². The zero-order chi connectivity index (χ0) is 8.81. The predicted molar refractivity (Wildman–Crippen MR) is 44.2 cm³/mol. The van der Waals surface area contributed by atoms with Crippen molar-refractivity contribution >= 4 is 0 Å². The first-order valence-electron chi connectivity index (χ1n) is 3.76. The molecule has 0 aliphatic carbocycles. The van der Waals surface area contributed by atoms with E-state index in [4.69, 9.17) is 10.8 Å². The first-order valence-corrected chi connectivity index (χ1v) is 3.76. The number of nitrogens with zero attached hydrogens (tertiary/aromatic N) is 2. The fourth-order valence-electron chi connectivity index (χ4n) is 0.765. The van der Waals surface area contributed by atoms with Crippen LogP contribution in [0.15, 0.2) is 4.42 Å². The maximum absolute atomic E-state index is 5.13. The lowest BCUT2D eigenvalue weighted by Crippen LogP contribution is -2.14. The van der Waals surface area contributed by atoms with Crippen molar-refractivity contribution in [1.29, 1.82) is 0 Å². The molecule has 1 aromatic rings. The highest BCUT2D eigenvalue weighted by molar-refractivity contribution is 4.85. The molecule has 12 heavy (non-hydrogen) atoms. The van der Waals surface area contributed by atoms with Gasteiger partial charge in [0.25, 0.3) is 0 Å². The molecular formula is C8H11N3O. The molecule has 0 saturated carbocycles. The third-order valence-corrected chi connectivity index (χ3v) is 1.29. The lowest BCUT2D eigenvalue weighted by Gasteiger charge is -1.95. The van der Waals surface area contributed by atoms with E-state index in [1.165, 1.54) is 0 Å². The predicted octanol–water partition coefficient (Wildman–Crippen LogP) is 0.491. The molecule has 0 bridgehead atoms. The third-order valence-electron chi connectivity index (χ3n) is 1.29. The fourth-order valence-corrected chi connectivity index (χ4v) is 0.765. The van der Waals surface area contributed by atoms with Crippen molar-refractivity contribution in [3.05, 3.63) is 11.8 Å². The first kappa shape index (κ1) is 8.75. The van der Waals surface area contributed by atoms with Crippen molar-refractivity contribution in [3.63, 3.8) is 0 Å². The molecule has 0 radical (unpaired) electrons. The number of terminal acetylenes is 1. The summed E-state index contributed by atoms with van der Waals surface area (Å²) in [6, 6.07) is 0. The Labute approximate surface area is 71.4 Å². The molecule has 0 aliphatic rings. The van der Waals surface area contributed by atoms with Crippen molar-refractivity contribution in [3.8, 4) is 12.3 Å². The van der Waals surface area contributed by atoms with Crippen LogP contribution < -0.4 is 5.32 Å². The fraction of sp³-hybridized carbons (Fsp3) is 0.500. The van der Waals surface area contributed by atoms with Gasteiger partial charge in [0.15, 0.2) is 0 Å². The van der Waals surface area contributed by atoms with Gasteiger partial charge in [-0.05, 0) is 0 Å². The molecule has 1 rings (SSSR count). The van der Waals surface area contributed by atoms with Crippen LogP contribution in [-0.2, 0) is 6.54 Å². The van der Waals surface area contributed by atoms with Gasteiger partial charge in [-0.25, -0.2) is 0 Å². The largest absolute Gasteiger partial charge is 0.424 e. The summed E-state index contributed by atoms with van der Waals surface area (Å²) in [7, 11) is 0. The molecule has 4 heteroatoms. The molecule has 0 atom stereocenters. The summed E-state index contributed by atoms with van der Waals surface area (Å²) >= 11 is 0. The van der Waals surface area contributed by atoms with E-state index in [0.717, 1.165) is 6.54 Å². The molecule has 0 unspecified atom stereocenters. The number of hydrogen-bond acceptors (Lipinski definition) is 4. The van der Waals surface area contributed by atoms with Gasteiger partial charge in [-0.1, -0.05) is 0 Å². The van der Waals surface area contributed by atoms with Gasteiger partial charge in [0.1, 0.15) is 0 Å². The molecular weight excluding hydrogens is 154 g/mol. The Morgan fingerprint density at radius 2 is 2.42 bits per heavy atom. The van der Waals surface area contributed by atoms with Gasteiger partial charge >= 0.3 is 0 Å². The van der Waals surface area contributed by atoms with Crippen LogP contribution in [0.2, 0.25) is 0 Å². The van der Waals surface area contributed by atoms with Gasteiger partial charge < -0.3 is 9.73 Å². The molecule has 64 valence electrons. The second kappa shape index (κ2) is 4.52. The second-order valence-electron chi connectivity index (χ2n) is 2.35. The summed E-state index contributed by atoms with van der Waals surface area (Å²) in [5, 5.41) is 10.6. The highest BCUT2D eigenvalue weighted by Gasteiger charge is 1.99. The van der Waals surface area contributed by atoms with Gasteiger partial charge in [-0.2, -0.15) is 0 Å². The average Bonchev–Trinajstić information content (AvgIpc) is 2.45. The van der Waals surface area contributed by atoms with Gasteiger partial charge in [0.2, 0.25) is 11.8 Å². The molecule has 0 aliphatic heterocycles. The Balaban J connectivity index is 2.21. The molecule has 0 fully saturated rings.